The van der Waals surface area contributed by atoms with Crippen LogP contribution in [0.5, 0.6) is 11.6 Å². The van der Waals surface area contributed by atoms with Gasteiger partial charge in [0.1, 0.15) is 0 Å². The van der Waals surface area contributed by atoms with Crippen LogP contribution >= 0.6 is 0 Å². The highest BCUT2D eigenvalue weighted by Gasteiger charge is 2.57. The number of hydrogen-bond donors (Lipinski definition) is 2. The maximum Gasteiger partial charge on any atom is 0.328 e. The number of urea groups is 1. The molecule has 10 nitrogen and oxygen atoms in total. The van der Waals surface area contributed by atoms with Gasteiger partial charge in [-0.25, -0.2) is 9.78 Å². The zero-order valence-electron chi connectivity index (χ0n) is 19.7. The number of carbonyl (C=O) groups excluding carboxylic acids is 3. The number of nitrogens with zero attached hydrogens (tertiary/aromatic N) is 3. The average Bonchev–Trinajstić information content (AvgIpc) is 3.30. The molecule has 1 spiro atoms. The Morgan fingerprint density at radius 1 is 1.06 bits per heavy atom. The van der Waals surface area contributed by atoms with E-state index < -0.39 is 23.4 Å². The molecule has 1 aromatic heterocycles. The van der Waals surface area contributed by atoms with E-state index in [9.17, 15) is 14.4 Å². The summed E-state index contributed by atoms with van der Waals surface area (Å²) in [4.78, 5) is 45.5. The van der Waals surface area contributed by atoms with Gasteiger partial charge in [-0.05, 0) is 49.8 Å². The summed E-state index contributed by atoms with van der Waals surface area (Å²) in [6.07, 6.45) is 5.60. The molecule has 35 heavy (non-hydrogen) atoms. The van der Waals surface area contributed by atoms with Crippen molar-refractivity contribution in [3.8, 4) is 11.6 Å². The highest BCUT2D eigenvalue weighted by atomic mass is 16.5. The Bertz CT molecular complexity index is 1120. The molecule has 5 rings (SSSR count). The summed E-state index contributed by atoms with van der Waals surface area (Å²) >= 11 is 0. The van der Waals surface area contributed by atoms with E-state index in [0.717, 1.165) is 43.8 Å². The smallest absolute Gasteiger partial charge is 0.328 e. The van der Waals surface area contributed by atoms with Gasteiger partial charge in [0.15, 0.2) is 11.3 Å². The highest BCUT2D eigenvalue weighted by molar-refractivity contribution is 6.24. The van der Waals surface area contributed by atoms with Crippen LogP contribution in [0.4, 0.5) is 16.2 Å². The van der Waals surface area contributed by atoms with Crippen molar-refractivity contribution in [2.24, 2.45) is 0 Å². The third-order valence-corrected chi connectivity index (χ3v) is 6.88. The second kappa shape index (κ2) is 9.53. The monoisotopic (exact) mass is 479 g/mol. The molecule has 4 amide bonds. The summed E-state index contributed by atoms with van der Waals surface area (Å²) in [7, 11) is 1.71. The number of anilines is 2. The van der Waals surface area contributed by atoms with Crippen LogP contribution in [-0.2, 0) is 20.7 Å². The molecule has 0 unspecified atom stereocenters. The fraction of sp³-hybridized carbons (Fsp3) is 0.440. The number of carbonyl (C=O) groups is 3. The predicted molar refractivity (Wildman–Crippen MR) is 129 cm³/mol. The van der Waals surface area contributed by atoms with Crippen molar-refractivity contribution < 1.29 is 23.9 Å². The molecule has 2 fully saturated rings. The topological polar surface area (TPSA) is 113 Å². The molecular weight excluding hydrogens is 450 g/mol. The SMILES string of the molecule is COCCCN1CCCc2cccc(Oc3ccc(N4CCCC45C(=O)NC(=O)NC5=O)cn3)c21. The van der Waals surface area contributed by atoms with Gasteiger partial charge in [-0.1, -0.05) is 12.1 Å². The molecule has 1 aromatic carbocycles. The number of para-hydroxylation sites is 1. The molecule has 0 radical (unpaired) electrons. The van der Waals surface area contributed by atoms with Crippen molar-refractivity contribution in [2.45, 2.75) is 37.6 Å². The van der Waals surface area contributed by atoms with E-state index in [1.807, 2.05) is 12.1 Å². The molecule has 2 saturated heterocycles. The van der Waals surface area contributed by atoms with Crippen molar-refractivity contribution in [2.75, 3.05) is 43.2 Å². The molecule has 0 bridgehead atoms. The number of imide groups is 2. The van der Waals surface area contributed by atoms with Crippen molar-refractivity contribution in [1.82, 2.24) is 15.6 Å². The van der Waals surface area contributed by atoms with E-state index >= 15 is 0 Å². The van der Waals surface area contributed by atoms with E-state index in [1.54, 1.807) is 30.3 Å². The van der Waals surface area contributed by atoms with Crippen LogP contribution in [0.2, 0.25) is 0 Å². The second-order valence-corrected chi connectivity index (χ2v) is 9.01. The van der Waals surface area contributed by atoms with Gasteiger partial charge < -0.3 is 19.3 Å². The first-order valence-electron chi connectivity index (χ1n) is 12.0. The summed E-state index contributed by atoms with van der Waals surface area (Å²) in [5.74, 6) is -0.0327. The fourth-order valence-corrected chi connectivity index (χ4v) is 5.30. The molecule has 2 aromatic rings. The van der Waals surface area contributed by atoms with E-state index in [2.05, 4.69) is 26.6 Å². The molecule has 3 aliphatic rings. The molecule has 0 atom stereocenters. The van der Waals surface area contributed by atoms with Crippen LogP contribution < -0.4 is 25.2 Å². The van der Waals surface area contributed by atoms with Gasteiger partial charge in [-0.2, -0.15) is 0 Å². The number of hydrogen-bond acceptors (Lipinski definition) is 8. The average molecular weight is 480 g/mol. The third kappa shape index (κ3) is 4.18. The predicted octanol–water partition coefficient (Wildman–Crippen LogP) is 2.37. The lowest BCUT2D eigenvalue weighted by Gasteiger charge is -2.38. The van der Waals surface area contributed by atoms with Crippen LogP contribution in [0, 0.1) is 0 Å². The number of ether oxygens (including phenoxy) is 2. The lowest BCUT2D eigenvalue weighted by molar-refractivity contribution is -0.137. The summed E-state index contributed by atoms with van der Waals surface area (Å²) in [6.45, 7) is 3.06. The number of methoxy groups -OCH3 is 1. The van der Waals surface area contributed by atoms with Crippen LogP contribution in [0.25, 0.3) is 0 Å². The standard InChI is InChI=1S/C25H29N5O5/c1-34-15-5-13-29-12-3-7-17-6-2-8-19(21(17)29)35-20-10-9-18(16-26-20)30-14-4-11-25(30)22(31)27-24(33)28-23(25)32/h2,6,8-10,16H,3-5,7,11-15H2,1H3,(H2,27,28,31,32,33). The number of aromatic nitrogens is 1. The molecule has 3 aliphatic heterocycles. The van der Waals surface area contributed by atoms with Crippen LogP contribution in [-0.4, -0.2) is 61.7 Å². The minimum Gasteiger partial charge on any atom is -0.437 e. The van der Waals surface area contributed by atoms with Crippen LogP contribution in [0.1, 0.15) is 31.2 Å². The zero-order valence-corrected chi connectivity index (χ0v) is 19.7. The lowest BCUT2D eigenvalue weighted by atomic mass is 9.92. The molecular formula is C25H29N5O5. The Morgan fingerprint density at radius 2 is 1.89 bits per heavy atom. The fourth-order valence-electron chi connectivity index (χ4n) is 5.30. The summed E-state index contributed by atoms with van der Waals surface area (Å²) in [6, 6.07) is 8.82. The summed E-state index contributed by atoms with van der Waals surface area (Å²) in [5.41, 5.74) is 1.52. The number of amides is 4. The normalized spacial score (nSPS) is 18.9. The second-order valence-electron chi connectivity index (χ2n) is 9.01. The maximum absolute atomic E-state index is 12.7. The molecule has 0 saturated carbocycles. The van der Waals surface area contributed by atoms with Gasteiger partial charge in [-0.3, -0.25) is 20.2 Å². The van der Waals surface area contributed by atoms with Gasteiger partial charge in [-0.15, -0.1) is 0 Å². The Hall–Kier alpha value is -3.66. The third-order valence-electron chi connectivity index (χ3n) is 6.88. The number of nitrogens with one attached hydrogen (secondary N) is 2. The van der Waals surface area contributed by atoms with Gasteiger partial charge in [0.2, 0.25) is 5.88 Å². The Balaban J connectivity index is 1.37. The summed E-state index contributed by atoms with van der Waals surface area (Å²) in [5, 5.41) is 4.46. The number of pyridine rings is 1. The number of barbiturate groups is 1. The molecule has 0 aliphatic carbocycles. The van der Waals surface area contributed by atoms with Crippen molar-refractivity contribution in [1.29, 1.82) is 0 Å². The largest absolute Gasteiger partial charge is 0.437 e. The Kier molecular flexibility index (Phi) is 6.29. The van der Waals surface area contributed by atoms with Crippen molar-refractivity contribution in [3.05, 3.63) is 42.1 Å². The Labute approximate surface area is 203 Å². The van der Waals surface area contributed by atoms with E-state index in [0.29, 0.717) is 37.6 Å². The van der Waals surface area contributed by atoms with E-state index in [4.69, 9.17) is 9.47 Å². The van der Waals surface area contributed by atoms with Crippen molar-refractivity contribution >= 4 is 29.2 Å². The first-order valence-corrected chi connectivity index (χ1v) is 12.0. The molecule has 4 heterocycles. The molecule has 10 heteroatoms. The Morgan fingerprint density at radius 3 is 2.63 bits per heavy atom. The van der Waals surface area contributed by atoms with E-state index in [1.165, 1.54) is 5.56 Å². The minimum atomic E-state index is -1.45. The van der Waals surface area contributed by atoms with Crippen LogP contribution in [0.15, 0.2) is 36.5 Å². The first-order chi connectivity index (χ1) is 17.0. The number of rotatable bonds is 7. The molecule has 184 valence electrons. The number of fused-ring (bicyclic) bond motifs is 1. The maximum atomic E-state index is 12.7. The number of benzene rings is 1. The van der Waals surface area contributed by atoms with E-state index in [-0.39, 0.29) is 0 Å². The van der Waals surface area contributed by atoms with Crippen LogP contribution in [0.3, 0.4) is 0 Å². The minimum absolute atomic E-state index is 0.325. The van der Waals surface area contributed by atoms with Gasteiger partial charge in [0.25, 0.3) is 11.8 Å². The highest BCUT2D eigenvalue weighted by Crippen LogP contribution is 2.40. The van der Waals surface area contributed by atoms with Crippen molar-refractivity contribution in [3.63, 3.8) is 0 Å². The lowest BCUT2D eigenvalue weighted by Crippen LogP contribution is -2.71. The van der Waals surface area contributed by atoms with Gasteiger partial charge in [0.05, 0.1) is 17.6 Å². The quantitative estimate of drug-likeness (QED) is 0.460. The van der Waals surface area contributed by atoms with Gasteiger partial charge in [0, 0.05) is 39.4 Å². The zero-order chi connectivity index (χ0) is 24.4. The summed E-state index contributed by atoms with van der Waals surface area (Å²) < 4.78 is 11.4. The molecule has 2 N–H and O–H groups in total. The first kappa shape index (κ1) is 23.1. The van der Waals surface area contributed by atoms with Gasteiger partial charge >= 0.3 is 6.03 Å². The number of aryl methyl sites for hydroxylation is 1.